The minimum atomic E-state index is 0.0132. The van der Waals surface area contributed by atoms with Crippen LogP contribution in [-0.2, 0) is 4.79 Å². The van der Waals surface area contributed by atoms with Crippen molar-refractivity contribution in [3.8, 4) is 0 Å². The van der Waals surface area contributed by atoms with Gasteiger partial charge in [-0.3, -0.25) is 4.79 Å². The van der Waals surface area contributed by atoms with E-state index >= 15 is 0 Å². The second-order valence-corrected chi connectivity index (χ2v) is 4.31. The highest BCUT2D eigenvalue weighted by Crippen LogP contribution is 2.23. The first-order valence-electron chi connectivity index (χ1n) is 5.27. The summed E-state index contributed by atoms with van der Waals surface area (Å²) >= 11 is 0. The Bertz CT molecular complexity index is 217. The van der Waals surface area contributed by atoms with Gasteiger partial charge < -0.3 is 10.6 Å². The van der Waals surface area contributed by atoms with Crippen molar-refractivity contribution in [2.75, 3.05) is 19.6 Å². The van der Waals surface area contributed by atoms with Crippen molar-refractivity contribution in [2.24, 2.45) is 5.41 Å². The molecule has 0 spiro atoms. The molecule has 0 bridgehead atoms. The van der Waals surface area contributed by atoms with Crippen LogP contribution in [-0.4, -0.2) is 25.5 Å². The Morgan fingerprint density at radius 2 is 2.43 bits per heavy atom. The molecule has 1 aliphatic rings. The molecule has 1 fully saturated rings. The third kappa shape index (κ3) is 3.50. The van der Waals surface area contributed by atoms with Crippen LogP contribution in [0.15, 0.2) is 12.2 Å². The lowest BCUT2D eigenvalue weighted by Crippen LogP contribution is -2.45. The van der Waals surface area contributed by atoms with Gasteiger partial charge in [0.15, 0.2) is 0 Å². The molecule has 1 saturated heterocycles. The Kier molecular flexibility index (Phi) is 4.14. The van der Waals surface area contributed by atoms with Crippen LogP contribution in [0.1, 0.15) is 26.7 Å². The molecule has 1 atom stereocenters. The van der Waals surface area contributed by atoms with Gasteiger partial charge in [-0.15, -0.1) is 0 Å². The third-order valence-electron chi connectivity index (χ3n) is 2.69. The van der Waals surface area contributed by atoms with Crippen LogP contribution in [0.5, 0.6) is 0 Å². The molecule has 2 N–H and O–H groups in total. The molecule has 0 aromatic carbocycles. The zero-order valence-electron chi connectivity index (χ0n) is 9.10. The quantitative estimate of drug-likeness (QED) is 0.663. The molecule has 0 radical (unpaired) electrons. The minimum Gasteiger partial charge on any atom is -0.352 e. The topological polar surface area (TPSA) is 41.1 Å². The lowest BCUT2D eigenvalue weighted by Gasteiger charge is -2.34. The molecule has 0 saturated carbocycles. The first kappa shape index (κ1) is 11.2. The predicted molar refractivity (Wildman–Crippen MR) is 58.0 cm³/mol. The molecule has 3 heteroatoms. The van der Waals surface area contributed by atoms with Crippen LogP contribution >= 0.6 is 0 Å². The Labute approximate surface area is 86.0 Å². The van der Waals surface area contributed by atoms with Gasteiger partial charge in [0.05, 0.1) is 0 Å². The fourth-order valence-electron chi connectivity index (χ4n) is 1.78. The number of piperidine rings is 1. The van der Waals surface area contributed by atoms with E-state index in [2.05, 4.69) is 17.6 Å². The molecule has 0 aliphatic carbocycles. The van der Waals surface area contributed by atoms with Gasteiger partial charge in [0.2, 0.25) is 5.91 Å². The highest BCUT2D eigenvalue weighted by atomic mass is 16.1. The standard InChI is InChI=1S/C11H20N2O/c1-3-5-10(14)13-9-11(2)6-4-7-12-8-11/h3,5,12H,4,6-9H2,1-2H3,(H,13,14)/b5-3+. The van der Waals surface area contributed by atoms with Crippen molar-refractivity contribution < 1.29 is 4.79 Å². The van der Waals surface area contributed by atoms with Crippen molar-refractivity contribution in [3.63, 3.8) is 0 Å². The molecule has 0 aromatic rings. The van der Waals surface area contributed by atoms with Crippen LogP contribution < -0.4 is 10.6 Å². The smallest absolute Gasteiger partial charge is 0.243 e. The van der Waals surface area contributed by atoms with Gasteiger partial charge in [-0.1, -0.05) is 13.0 Å². The summed E-state index contributed by atoms with van der Waals surface area (Å²) in [5.41, 5.74) is 0.232. The summed E-state index contributed by atoms with van der Waals surface area (Å²) < 4.78 is 0. The van der Waals surface area contributed by atoms with E-state index in [1.807, 2.05) is 6.92 Å². The first-order chi connectivity index (χ1) is 6.66. The maximum Gasteiger partial charge on any atom is 0.243 e. The number of allylic oxidation sites excluding steroid dienone is 1. The number of rotatable bonds is 3. The summed E-state index contributed by atoms with van der Waals surface area (Å²) in [4.78, 5) is 11.2. The van der Waals surface area contributed by atoms with Crippen molar-refractivity contribution in [1.82, 2.24) is 10.6 Å². The zero-order valence-corrected chi connectivity index (χ0v) is 9.10. The lowest BCUT2D eigenvalue weighted by atomic mass is 9.83. The minimum absolute atomic E-state index is 0.0132. The Hall–Kier alpha value is -0.830. The van der Waals surface area contributed by atoms with E-state index in [4.69, 9.17) is 0 Å². The van der Waals surface area contributed by atoms with E-state index in [9.17, 15) is 4.79 Å². The molecular weight excluding hydrogens is 176 g/mol. The molecule has 0 aromatic heterocycles. The fraction of sp³-hybridized carbons (Fsp3) is 0.727. The average molecular weight is 196 g/mol. The van der Waals surface area contributed by atoms with E-state index in [-0.39, 0.29) is 11.3 Å². The largest absolute Gasteiger partial charge is 0.352 e. The molecule has 1 aliphatic heterocycles. The van der Waals surface area contributed by atoms with Gasteiger partial charge in [0.25, 0.3) is 0 Å². The number of hydrogen-bond donors (Lipinski definition) is 2. The molecule has 1 unspecified atom stereocenters. The summed E-state index contributed by atoms with van der Waals surface area (Å²) in [6.45, 7) is 6.95. The number of carbonyl (C=O) groups excluding carboxylic acids is 1. The van der Waals surface area contributed by atoms with Gasteiger partial charge in [0, 0.05) is 13.1 Å². The Balaban J connectivity index is 2.31. The Morgan fingerprint density at radius 3 is 3.00 bits per heavy atom. The third-order valence-corrected chi connectivity index (χ3v) is 2.69. The van der Waals surface area contributed by atoms with Crippen LogP contribution in [0, 0.1) is 5.41 Å². The molecular formula is C11H20N2O. The van der Waals surface area contributed by atoms with Crippen LogP contribution in [0.4, 0.5) is 0 Å². The second-order valence-electron chi connectivity index (χ2n) is 4.31. The summed E-state index contributed by atoms with van der Waals surface area (Å²) in [5, 5.41) is 6.29. The first-order valence-corrected chi connectivity index (χ1v) is 5.27. The van der Waals surface area contributed by atoms with Gasteiger partial charge >= 0.3 is 0 Å². The van der Waals surface area contributed by atoms with Crippen LogP contribution in [0.25, 0.3) is 0 Å². The van der Waals surface area contributed by atoms with E-state index in [1.165, 1.54) is 12.8 Å². The maximum absolute atomic E-state index is 11.2. The van der Waals surface area contributed by atoms with Crippen molar-refractivity contribution >= 4 is 5.91 Å². The normalized spacial score (nSPS) is 27.9. The number of nitrogens with one attached hydrogen (secondary N) is 2. The monoisotopic (exact) mass is 196 g/mol. The zero-order chi connectivity index (χ0) is 10.4. The van der Waals surface area contributed by atoms with E-state index < -0.39 is 0 Å². The van der Waals surface area contributed by atoms with Crippen molar-refractivity contribution in [1.29, 1.82) is 0 Å². The van der Waals surface area contributed by atoms with Crippen molar-refractivity contribution in [3.05, 3.63) is 12.2 Å². The predicted octanol–water partition coefficient (Wildman–Crippen LogP) is 1.07. The van der Waals surface area contributed by atoms with Crippen molar-refractivity contribution in [2.45, 2.75) is 26.7 Å². The summed E-state index contributed by atoms with van der Waals surface area (Å²) in [6, 6.07) is 0. The summed E-state index contributed by atoms with van der Waals surface area (Å²) in [5.74, 6) is 0.0132. The van der Waals surface area contributed by atoms with E-state index in [1.54, 1.807) is 12.2 Å². The lowest BCUT2D eigenvalue weighted by molar-refractivity contribution is -0.117. The number of carbonyl (C=O) groups is 1. The van der Waals surface area contributed by atoms with Crippen LogP contribution in [0.2, 0.25) is 0 Å². The molecule has 80 valence electrons. The average Bonchev–Trinajstić information content (AvgIpc) is 2.17. The van der Waals surface area contributed by atoms with Crippen LogP contribution in [0.3, 0.4) is 0 Å². The maximum atomic E-state index is 11.2. The molecule has 1 heterocycles. The summed E-state index contributed by atoms with van der Waals surface area (Å²) in [6.07, 6.45) is 5.72. The SMILES string of the molecule is C/C=C/C(=O)NCC1(C)CCCNC1. The van der Waals surface area contributed by atoms with Gasteiger partial charge in [-0.2, -0.15) is 0 Å². The van der Waals surface area contributed by atoms with Gasteiger partial charge in [-0.05, 0) is 37.8 Å². The molecule has 1 amide bonds. The molecule has 3 nitrogen and oxygen atoms in total. The highest BCUT2D eigenvalue weighted by molar-refractivity contribution is 5.87. The Morgan fingerprint density at radius 1 is 1.64 bits per heavy atom. The second kappa shape index (κ2) is 5.15. The van der Waals surface area contributed by atoms with Gasteiger partial charge in [0.1, 0.15) is 0 Å². The molecule has 1 rings (SSSR count). The van der Waals surface area contributed by atoms with E-state index in [0.29, 0.717) is 0 Å². The fourth-order valence-corrected chi connectivity index (χ4v) is 1.78. The molecule has 14 heavy (non-hydrogen) atoms. The number of hydrogen-bond acceptors (Lipinski definition) is 2. The number of amides is 1. The summed E-state index contributed by atoms with van der Waals surface area (Å²) in [7, 11) is 0. The highest BCUT2D eigenvalue weighted by Gasteiger charge is 2.26. The van der Waals surface area contributed by atoms with E-state index in [0.717, 1.165) is 19.6 Å². The van der Waals surface area contributed by atoms with Gasteiger partial charge in [-0.25, -0.2) is 0 Å².